The summed E-state index contributed by atoms with van der Waals surface area (Å²) in [6, 6.07) is 7.01. The van der Waals surface area contributed by atoms with Crippen molar-refractivity contribution in [3.8, 4) is 5.88 Å². The molecule has 1 aliphatic heterocycles. The molecule has 1 aliphatic rings. The number of alkyl halides is 3. The van der Waals surface area contributed by atoms with Crippen LogP contribution in [0.1, 0.15) is 32.9 Å². The first-order valence-electron chi connectivity index (χ1n) is 11.6. The van der Waals surface area contributed by atoms with E-state index in [0.717, 1.165) is 6.07 Å². The number of hydrogen-bond acceptors (Lipinski definition) is 6. The van der Waals surface area contributed by atoms with Crippen molar-refractivity contribution < 1.29 is 36.7 Å². The van der Waals surface area contributed by atoms with Gasteiger partial charge in [-0.15, -0.1) is 0 Å². The first kappa shape index (κ1) is 27.1. The van der Waals surface area contributed by atoms with E-state index in [1.54, 1.807) is 30.9 Å². The number of hydrogen-bond donors (Lipinski definition) is 2. The number of H-pyrrole nitrogens is 1. The maximum Gasteiger partial charge on any atom is 0.417 e. The summed E-state index contributed by atoms with van der Waals surface area (Å²) in [6.07, 6.45) is -3.90. The fourth-order valence-electron chi connectivity index (χ4n) is 4.21. The molecule has 2 amide bonds. The number of benzene rings is 1. The summed E-state index contributed by atoms with van der Waals surface area (Å²) in [7, 11) is 0. The number of amides is 2. The van der Waals surface area contributed by atoms with Crippen LogP contribution in [0, 0.1) is 13.8 Å². The summed E-state index contributed by atoms with van der Waals surface area (Å²) in [5, 5.41) is 2.12. The molecule has 0 aliphatic carbocycles. The summed E-state index contributed by atoms with van der Waals surface area (Å²) in [6.45, 7) is 3.97. The third kappa shape index (κ3) is 5.80. The molecule has 3 heterocycles. The average Bonchev–Trinajstić information content (AvgIpc) is 3.49. The Bertz CT molecular complexity index is 1350. The van der Waals surface area contributed by atoms with Crippen LogP contribution in [0.5, 0.6) is 5.88 Å². The van der Waals surface area contributed by atoms with Gasteiger partial charge in [0.2, 0.25) is 5.88 Å². The smallest absolute Gasteiger partial charge is 0.417 e. The zero-order chi connectivity index (χ0) is 27.6. The van der Waals surface area contributed by atoms with Gasteiger partial charge in [-0.25, -0.2) is 4.79 Å². The average molecular weight is 553 g/mol. The molecule has 0 radical (unpaired) electrons. The van der Waals surface area contributed by atoms with E-state index in [-0.39, 0.29) is 44.2 Å². The molecule has 4 rings (SSSR count). The molecule has 2 N–H and O–H groups in total. The molecule has 0 atom stereocenters. The number of halogens is 4. The van der Waals surface area contributed by atoms with Crippen LogP contribution >= 0.6 is 11.6 Å². The summed E-state index contributed by atoms with van der Waals surface area (Å²) in [4.78, 5) is 44.1. The highest BCUT2D eigenvalue weighted by Gasteiger charge is 2.35. The second-order valence-corrected chi connectivity index (χ2v) is 9.08. The van der Waals surface area contributed by atoms with Crippen LogP contribution in [0.2, 0.25) is 5.02 Å². The molecule has 2 aromatic heterocycles. The Hall–Kier alpha value is -3.93. The van der Waals surface area contributed by atoms with E-state index in [2.05, 4.69) is 10.3 Å². The van der Waals surface area contributed by atoms with Gasteiger partial charge in [-0.2, -0.15) is 13.2 Å². The third-order valence-corrected chi connectivity index (χ3v) is 6.51. The molecule has 1 saturated heterocycles. The fraction of sp³-hybridized carbons (Fsp3) is 0.320. The first-order chi connectivity index (χ1) is 18.0. The molecule has 0 spiro atoms. The second-order valence-electron chi connectivity index (χ2n) is 8.67. The summed E-state index contributed by atoms with van der Waals surface area (Å²) in [5.41, 5.74) is 0.141. The highest BCUT2D eigenvalue weighted by Crippen LogP contribution is 2.37. The van der Waals surface area contributed by atoms with Crippen LogP contribution in [0.15, 0.2) is 41.0 Å². The lowest BCUT2D eigenvalue weighted by Gasteiger charge is -2.36. The van der Waals surface area contributed by atoms with Gasteiger partial charge in [-0.3, -0.25) is 9.59 Å². The summed E-state index contributed by atoms with van der Waals surface area (Å²) in [5.74, 6) is -0.972. The van der Waals surface area contributed by atoms with Gasteiger partial charge >= 0.3 is 12.3 Å². The van der Waals surface area contributed by atoms with Gasteiger partial charge in [0.1, 0.15) is 5.76 Å². The van der Waals surface area contributed by atoms with Gasteiger partial charge in [-0.05, 0) is 44.2 Å². The topological polar surface area (TPSA) is 108 Å². The monoisotopic (exact) mass is 552 g/mol. The number of piperazine rings is 1. The van der Waals surface area contributed by atoms with E-state index in [0.29, 0.717) is 22.7 Å². The Morgan fingerprint density at radius 2 is 1.84 bits per heavy atom. The maximum absolute atomic E-state index is 13.2. The predicted octanol–water partition coefficient (Wildman–Crippen LogP) is 4.72. The first-order valence-corrected chi connectivity index (χ1v) is 12.0. The zero-order valence-electron chi connectivity index (χ0n) is 20.4. The standard InChI is InChI=1S/C25H24ClF3N4O5/c1-14-20(15(2)31-22(14)38-24(36)30-13-17-4-3-11-37-17)21(34)23(35)33-9-7-32(8-10-33)16-5-6-19(26)18(12-16)25(27,28)29/h3-6,11-12,31H,7-10,13H2,1-2H3,(H,30,36). The number of anilines is 1. The van der Waals surface area contributed by atoms with Crippen LogP contribution in [0.4, 0.5) is 23.7 Å². The molecule has 0 bridgehead atoms. The van der Waals surface area contributed by atoms with Crippen molar-refractivity contribution in [3.05, 3.63) is 69.8 Å². The number of aromatic amines is 1. The predicted molar refractivity (Wildman–Crippen MR) is 131 cm³/mol. The van der Waals surface area contributed by atoms with E-state index in [9.17, 15) is 27.6 Å². The van der Waals surface area contributed by atoms with Crippen LogP contribution in [-0.4, -0.2) is 53.8 Å². The largest absolute Gasteiger partial charge is 0.467 e. The Morgan fingerprint density at radius 3 is 2.47 bits per heavy atom. The minimum atomic E-state index is -4.59. The third-order valence-electron chi connectivity index (χ3n) is 6.18. The van der Waals surface area contributed by atoms with Gasteiger partial charge in [0, 0.05) is 43.1 Å². The van der Waals surface area contributed by atoms with Gasteiger partial charge in [0.05, 0.1) is 29.0 Å². The van der Waals surface area contributed by atoms with Crippen LogP contribution in [-0.2, 0) is 17.5 Å². The van der Waals surface area contributed by atoms with E-state index < -0.39 is 34.5 Å². The summed E-state index contributed by atoms with van der Waals surface area (Å²) < 4.78 is 50.0. The number of Topliss-reactive ketones (excluding diaryl/α,β-unsaturated/α-hetero) is 1. The molecule has 0 unspecified atom stereocenters. The Kier molecular flexibility index (Phi) is 7.72. The SMILES string of the molecule is Cc1[nH]c(OC(=O)NCc2ccco2)c(C)c1C(=O)C(=O)N1CCN(c2ccc(Cl)c(C(F)(F)F)c2)CC1. The molecule has 1 aromatic carbocycles. The van der Waals surface area contributed by atoms with Crippen molar-refractivity contribution in [2.45, 2.75) is 26.6 Å². The maximum atomic E-state index is 13.2. The van der Waals surface area contributed by atoms with E-state index in [4.69, 9.17) is 20.8 Å². The number of furan rings is 1. The number of nitrogens with one attached hydrogen (secondary N) is 2. The van der Waals surface area contributed by atoms with Crippen molar-refractivity contribution in [1.82, 2.24) is 15.2 Å². The number of carbonyl (C=O) groups is 3. The molecule has 13 heteroatoms. The van der Waals surface area contributed by atoms with Crippen LogP contribution < -0.4 is 15.0 Å². The summed E-state index contributed by atoms with van der Waals surface area (Å²) >= 11 is 5.70. The Morgan fingerprint density at radius 1 is 1.13 bits per heavy atom. The highest BCUT2D eigenvalue weighted by molar-refractivity contribution is 6.43. The minimum Gasteiger partial charge on any atom is -0.467 e. The highest BCUT2D eigenvalue weighted by atomic mass is 35.5. The lowest BCUT2D eigenvalue weighted by atomic mass is 10.1. The minimum absolute atomic E-state index is 0.0311. The number of nitrogens with zero attached hydrogens (tertiary/aromatic N) is 2. The van der Waals surface area contributed by atoms with Gasteiger partial charge in [0.15, 0.2) is 0 Å². The molecule has 1 fully saturated rings. The number of aromatic nitrogens is 1. The molecule has 38 heavy (non-hydrogen) atoms. The zero-order valence-corrected chi connectivity index (χ0v) is 21.2. The van der Waals surface area contributed by atoms with E-state index >= 15 is 0 Å². The molecule has 202 valence electrons. The van der Waals surface area contributed by atoms with Gasteiger partial charge < -0.3 is 29.3 Å². The number of ketones is 1. The van der Waals surface area contributed by atoms with Crippen LogP contribution in [0.3, 0.4) is 0 Å². The molecule has 3 aromatic rings. The fourth-order valence-corrected chi connectivity index (χ4v) is 4.44. The van der Waals surface area contributed by atoms with Gasteiger partial charge in [0.25, 0.3) is 11.7 Å². The number of ether oxygens (including phenoxy) is 1. The van der Waals surface area contributed by atoms with Gasteiger partial charge in [-0.1, -0.05) is 11.6 Å². The van der Waals surface area contributed by atoms with Crippen molar-refractivity contribution in [3.63, 3.8) is 0 Å². The van der Waals surface area contributed by atoms with E-state index in [1.165, 1.54) is 23.3 Å². The quantitative estimate of drug-likeness (QED) is 0.338. The van der Waals surface area contributed by atoms with Crippen molar-refractivity contribution in [2.24, 2.45) is 0 Å². The molecule has 9 nitrogen and oxygen atoms in total. The number of aryl methyl sites for hydroxylation is 1. The van der Waals surface area contributed by atoms with E-state index in [1.807, 2.05) is 0 Å². The Balaban J connectivity index is 1.38. The number of carbonyl (C=O) groups excluding carboxylic acids is 3. The number of rotatable bonds is 6. The van der Waals surface area contributed by atoms with Crippen molar-refractivity contribution in [2.75, 3.05) is 31.1 Å². The molecule has 0 saturated carbocycles. The molecular formula is C25H24ClF3N4O5. The lowest BCUT2D eigenvalue weighted by molar-refractivity contribution is -0.137. The Labute approximate surface area is 220 Å². The lowest BCUT2D eigenvalue weighted by Crippen LogP contribution is -2.50. The van der Waals surface area contributed by atoms with Crippen molar-refractivity contribution in [1.29, 1.82) is 0 Å². The normalized spacial score (nSPS) is 13.9. The second kappa shape index (κ2) is 10.8. The van der Waals surface area contributed by atoms with Crippen molar-refractivity contribution >= 4 is 35.1 Å². The van der Waals surface area contributed by atoms with Crippen LogP contribution in [0.25, 0.3) is 0 Å². The molecular weight excluding hydrogens is 529 g/mol.